The summed E-state index contributed by atoms with van der Waals surface area (Å²) in [5.74, 6) is 0. The fourth-order valence-corrected chi connectivity index (χ4v) is 3.06. The molecule has 2 heteroatoms. The van der Waals surface area contributed by atoms with Gasteiger partial charge in [0.2, 0.25) is 0 Å². The van der Waals surface area contributed by atoms with Gasteiger partial charge in [-0.15, -0.1) is 0 Å². The first kappa shape index (κ1) is 15.7. The van der Waals surface area contributed by atoms with Crippen LogP contribution >= 0.6 is 0 Å². The van der Waals surface area contributed by atoms with Crippen LogP contribution in [0.3, 0.4) is 0 Å². The summed E-state index contributed by atoms with van der Waals surface area (Å²) in [4.78, 5) is 0. The van der Waals surface area contributed by atoms with Crippen molar-refractivity contribution in [3.05, 3.63) is 70.3 Å². The van der Waals surface area contributed by atoms with Gasteiger partial charge in [-0.3, -0.25) is 0 Å². The highest BCUT2D eigenvalue weighted by molar-refractivity contribution is 5.40. The Balaban J connectivity index is 2.51. The van der Waals surface area contributed by atoms with Crippen LogP contribution < -0.4 is 0 Å². The molecule has 2 aromatic carbocycles. The number of hydrogen-bond donors (Lipinski definition) is 2. The number of benzene rings is 2. The van der Waals surface area contributed by atoms with E-state index in [0.717, 1.165) is 11.1 Å². The van der Waals surface area contributed by atoms with Gasteiger partial charge in [-0.25, -0.2) is 0 Å². The van der Waals surface area contributed by atoms with E-state index in [1.165, 1.54) is 16.7 Å². The topological polar surface area (TPSA) is 40.5 Å². The lowest BCUT2D eigenvalue weighted by Crippen LogP contribution is -2.38. The Hall–Kier alpha value is -1.64. The molecule has 0 aliphatic rings. The Morgan fingerprint density at radius 1 is 0.762 bits per heavy atom. The van der Waals surface area contributed by atoms with Gasteiger partial charge in [-0.05, 0) is 55.0 Å². The second-order valence-electron chi connectivity index (χ2n) is 5.96. The standard InChI is InChI=1S/C19H24O2/c1-14-8-6-9-15(2)17(14)11-19(12-20,13-21)18-10-5-4-7-16(18)3/h4-10,20-21H,11-13H2,1-3H3. The fourth-order valence-electron chi connectivity index (χ4n) is 3.06. The molecule has 0 aliphatic carbocycles. The van der Waals surface area contributed by atoms with E-state index in [2.05, 4.69) is 26.0 Å². The minimum Gasteiger partial charge on any atom is -0.395 e. The molecular formula is C19H24O2. The molecule has 2 nitrogen and oxygen atoms in total. The van der Waals surface area contributed by atoms with Crippen molar-refractivity contribution in [1.29, 1.82) is 0 Å². The zero-order valence-corrected chi connectivity index (χ0v) is 13.1. The third-order valence-corrected chi connectivity index (χ3v) is 4.48. The predicted molar refractivity (Wildman–Crippen MR) is 86.6 cm³/mol. The lowest BCUT2D eigenvalue weighted by atomic mass is 9.73. The number of aliphatic hydroxyl groups excluding tert-OH is 2. The first-order chi connectivity index (χ1) is 10.0. The highest BCUT2D eigenvalue weighted by Gasteiger charge is 2.33. The molecule has 0 amide bonds. The monoisotopic (exact) mass is 284 g/mol. The number of hydrogen-bond acceptors (Lipinski definition) is 2. The summed E-state index contributed by atoms with van der Waals surface area (Å²) in [6.07, 6.45) is 0.642. The fraction of sp³-hybridized carbons (Fsp3) is 0.368. The third-order valence-electron chi connectivity index (χ3n) is 4.48. The summed E-state index contributed by atoms with van der Waals surface area (Å²) in [6, 6.07) is 14.2. The quantitative estimate of drug-likeness (QED) is 0.886. The Bertz CT molecular complexity index is 592. The molecule has 0 radical (unpaired) electrons. The molecule has 112 valence electrons. The Morgan fingerprint density at radius 3 is 1.81 bits per heavy atom. The van der Waals surface area contributed by atoms with Crippen LogP contribution in [-0.2, 0) is 11.8 Å². The SMILES string of the molecule is Cc1ccccc1C(CO)(CO)Cc1c(C)cccc1C. The average Bonchev–Trinajstić information content (AvgIpc) is 2.49. The molecule has 0 unspecified atom stereocenters. The minimum absolute atomic E-state index is 0.0673. The molecule has 0 bridgehead atoms. The number of aliphatic hydroxyl groups is 2. The summed E-state index contributed by atoms with van der Waals surface area (Å²) >= 11 is 0. The second-order valence-corrected chi connectivity index (χ2v) is 5.96. The van der Waals surface area contributed by atoms with Crippen LogP contribution in [0.1, 0.15) is 27.8 Å². The molecule has 0 saturated carbocycles. The molecule has 0 aliphatic heterocycles. The van der Waals surface area contributed by atoms with E-state index >= 15 is 0 Å². The van der Waals surface area contributed by atoms with Crippen molar-refractivity contribution in [3.8, 4) is 0 Å². The van der Waals surface area contributed by atoms with Crippen LogP contribution in [0.4, 0.5) is 0 Å². The largest absolute Gasteiger partial charge is 0.395 e. The first-order valence-corrected chi connectivity index (χ1v) is 7.37. The van der Waals surface area contributed by atoms with Gasteiger partial charge in [0.1, 0.15) is 0 Å². The Kier molecular flexibility index (Phi) is 4.81. The Morgan fingerprint density at radius 2 is 1.29 bits per heavy atom. The summed E-state index contributed by atoms with van der Waals surface area (Å²) in [6.45, 7) is 6.06. The third kappa shape index (κ3) is 3.02. The van der Waals surface area contributed by atoms with Crippen LogP contribution in [0.15, 0.2) is 42.5 Å². The van der Waals surface area contributed by atoms with Crippen LogP contribution in [0, 0.1) is 20.8 Å². The summed E-state index contributed by atoms with van der Waals surface area (Å²) in [5, 5.41) is 20.1. The highest BCUT2D eigenvalue weighted by atomic mass is 16.3. The van der Waals surface area contributed by atoms with Gasteiger partial charge in [0.05, 0.1) is 13.2 Å². The van der Waals surface area contributed by atoms with Crippen molar-refractivity contribution in [1.82, 2.24) is 0 Å². The predicted octanol–water partition coefficient (Wildman–Crippen LogP) is 3.08. The van der Waals surface area contributed by atoms with Gasteiger partial charge in [0.15, 0.2) is 0 Å². The molecule has 2 aromatic rings. The van der Waals surface area contributed by atoms with Crippen molar-refractivity contribution in [2.75, 3.05) is 13.2 Å². The van der Waals surface area contributed by atoms with Crippen molar-refractivity contribution < 1.29 is 10.2 Å². The van der Waals surface area contributed by atoms with E-state index in [0.29, 0.717) is 6.42 Å². The number of aryl methyl sites for hydroxylation is 3. The van der Waals surface area contributed by atoms with Gasteiger partial charge in [-0.1, -0.05) is 42.5 Å². The van der Waals surface area contributed by atoms with E-state index in [1.807, 2.05) is 37.3 Å². The van der Waals surface area contributed by atoms with Crippen molar-refractivity contribution in [2.45, 2.75) is 32.6 Å². The molecule has 2 rings (SSSR count). The molecule has 0 saturated heterocycles. The van der Waals surface area contributed by atoms with Gasteiger partial charge in [0.25, 0.3) is 0 Å². The highest BCUT2D eigenvalue weighted by Crippen LogP contribution is 2.32. The summed E-state index contributed by atoms with van der Waals surface area (Å²) < 4.78 is 0. The Labute approximate surface area is 127 Å². The molecular weight excluding hydrogens is 260 g/mol. The van der Waals surface area contributed by atoms with Gasteiger partial charge in [0, 0.05) is 5.41 Å². The minimum atomic E-state index is -0.637. The van der Waals surface area contributed by atoms with Gasteiger partial charge in [-0.2, -0.15) is 0 Å². The summed E-state index contributed by atoms with van der Waals surface area (Å²) in [7, 11) is 0. The average molecular weight is 284 g/mol. The van der Waals surface area contributed by atoms with E-state index < -0.39 is 5.41 Å². The van der Waals surface area contributed by atoms with Crippen molar-refractivity contribution in [2.24, 2.45) is 0 Å². The maximum Gasteiger partial charge on any atom is 0.0553 e. The van der Waals surface area contributed by atoms with E-state index in [4.69, 9.17) is 0 Å². The van der Waals surface area contributed by atoms with Crippen LogP contribution in [0.25, 0.3) is 0 Å². The van der Waals surface area contributed by atoms with Crippen molar-refractivity contribution in [3.63, 3.8) is 0 Å². The molecule has 0 atom stereocenters. The molecule has 0 heterocycles. The van der Waals surface area contributed by atoms with Gasteiger partial charge >= 0.3 is 0 Å². The van der Waals surface area contributed by atoms with E-state index in [-0.39, 0.29) is 13.2 Å². The summed E-state index contributed by atoms with van der Waals surface area (Å²) in [5.41, 5.74) is 5.11. The van der Waals surface area contributed by atoms with E-state index in [9.17, 15) is 10.2 Å². The molecule has 0 fully saturated rings. The zero-order valence-electron chi connectivity index (χ0n) is 13.1. The smallest absolute Gasteiger partial charge is 0.0553 e. The maximum atomic E-state index is 10.0. The molecule has 21 heavy (non-hydrogen) atoms. The molecule has 2 N–H and O–H groups in total. The lowest BCUT2D eigenvalue weighted by molar-refractivity contribution is 0.115. The van der Waals surface area contributed by atoms with Crippen LogP contribution in [0.5, 0.6) is 0 Å². The normalized spacial score (nSPS) is 11.7. The van der Waals surface area contributed by atoms with E-state index in [1.54, 1.807) is 0 Å². The lowest BCUT2D eigenvalue weighted by Gasteiger charge is -2.33. The van der Waals surface area contributed by atoms with Crippen molar-refractivity contribution >= 4 is 0 Å². The molecule has 0 spiro atoms. The molecule has 0 aromatic heterocycles. The van der Waals surface area contributed by atoms with Gasteiger partial charge < -0.3 is 10.2 Å². The second kappa shape index (κ2) is 6.42. The number of rotatable bonds is 5. The van der Waals surface area contributed by atoms with Crippen LogP contribution in [-0.4, -0.2) is 23.4 Å². The maximum absolute atomic E-state index is 10.0. The first-order valence-electron chi connectivity index (χ1n) is 7.37. The zero-order chi connectivity index (χ0) is 15.5. The van der Waals surface area contributed by atoms with Crippen LogP contribution in [0.2, 0.25) is 0 Å².